The summed E-state index contributed by atoms with van der Waals surface area (Å²) in [5.74, 6) is 0.899. The summed E-state index contributed by atoms with van der Waals surface area (Å²) in [5.41, 5.74) is 4.54. The molecule has 6 heteroatoms. The van der Waals surface area contributed by atoms with Gasteiger partial charge in [0.25, 0.3) is 5.91 Å². The number of aryl methyl sites for hydroxylation is 1. The number of anilines is 1. The minimum Gasteiger partial charge on any atom is -0.493 e. The van der Waals surface area contributed by atoms with E-state index in [0.29, 0.717) is 23.7 Å². The van der Waals surface area contributed by atoms with Crippen molar-refractivity contribution in [3.63, 3.8) is 0 Å². The van der Waals surface area contributed by atoms with Crippen LogP contribution in [0.5, 0.6) is 11.5 Å². The van der Waals surface area contributed by atoms with Gasteiger partial charge in [-0.15, -0.1) is 0 Å². The zero-order valence-electron chi connectivity index (χ0n) is 24.2. The first-order chi connectivity index (χ1) is 19.1. The molecule has 3 aromatic rings. The number of nitrogens with one attached hydrogen (secondary N) is 1. The molecule has 5 nitrogen and oxygen atoms in total. The van der Waals surface area contributed by atoms with Gasteiger partial charge in [0.2, 0.25) is 5.51 Å². The smallest absolute Gasteiger partial charge is 0.259 e. The highest BCUT2D eigenvalue weighted by atomic mass is 32.1. The van der Waals surface area contributed by atoms with Crippen molar-refractivity contribution >= 4 is 22.9 Å². The van der Waals surface area contributed by atoms with E-state index in [0.717, 1.165) is 25.1 Å². The van der Waals surface area contributed by atoms with Crippen molar-refractivity contribution in [2.75, 3.05) is 19.0 Å². The van der Waals surface area contributed by atoms with Gasteiger partial charge in [-0.2, -0.15) is 4.57 Å². The lowest BCUT2D eigenvalue weighted by molar-refractivity contribution is -0.683. The van der Waals surface area contributed by atoms with Crippen LogP contribution in [0.3, 0.4) is 0 Å². The lowest BCUT2D eigenvalue weighted by atomic mass is 10.1. The number of para-hydroxylation sites is 1. The van der Waals surface area contributed by atoms with Crippen molar-refractivity contribution in [1.82, 2.24) is 0 Å². The molecule has 0 aliphatic rings. The van der Waals surface area contributed by atoms with E-state index in [1.165, 1.54) is 74.6 Å². The zero-order chi connectivity index (χ0) is 27.7. The fraction of sp³-hybridized carbons (Fsp3) is 0.515. The number of hydrogen-bond donors (Lipinski definition) is 1. The Bertz CT molecular complexity index is 1110. The summed E-state index contributed by atoms with van der Waals surface area (Å²) in [6, 6.07) is 13.4. The van der Waals surface area contributed by atoms with E-state index in [1.54, 1.807) is 24.5 Å². The summed E-state index contributed by atoms with van der Waals surface area (Å²) < 4.78 is 13.8. The predicted molar refractivity (Wildman–Crippen MR) is 162 cm³/mol. The molecule has 0 spiro atoms. The van der Waals surface area contributed by atoms with Crippen molar-refractivity contribution in [3.8, 4) is 11.5 Å². The highest BCUT2D eigenvalue weighted by Gasteiger charge is 2.17. The molecule has 0 saturated heterocycles. The van der Waals surface area contributed by atoms with Crippen LogP contribution in [-0.4, -0.2) is 19.6 Å². The molecule has 3 rings (SSSR count). The third-order valence-corrected chi connectivity index (χ3v) is 7.84. The summed E-state index contributed by atoms with van der Waals surface area (Å²) in [6.07, 6.45) is 17.7. The second kappa shape index (κ2) is 17.7. The van der Waals surface area contributed by atoms with E-state index >= 15 is 0 Å². The summed E-state index contributed by atoms with van der Waals surface area (Å²) in [5, 5.41) is 3.01. The topological polar surface area (TPSA) is 51.4 Å². The molecule has 0 bridgehead atoms. The number of nitrogens with zero attached hydrogens (tertiary/aromatic N) is 1. The van der Waals surface area contributed by atoms with Crippen LogP contribution in [0, 0.1) is 6.92 Å². The molecule has 1 amide bonds. The average Bonchev–Trinajstić information content (AvgIpc) is 3.36. The van der Waals surface area contributed by atoms with Gasteiger partial charge in [0.05, 0.1) is 24.2 Å². The van der Waals surface area contributed by atoms with E-state index in [2.05, 4.69) is 35.4 Å². The molecule has 2 aromatic carbocycles. The standard InChI is InChI=1S/C33H46N2O3S/c1-4-5-6-7-8-9-10-11-12-13-14-15-23-38-32-30(17-16-18-31(32)37-3)33(36)34-29-21-19-28(20-22-29)25-35-24-27(2)39-26-35/h16-22,24,26H,4-15,23,25H2,1-3H3/p+1. The maximum Gasteiger partial charge on any atom is 0.259 e. The molecule has 0 unspecified atom stereocenters. The number of methoxy groups -OCH3 is 1. The summed E-state index contributed by atoms with van der Waals surface area (Å²) in [6.45, 7) is 5.76. The van der Waals surface area contributed by atoms with E-state index in [4.69, 9.17) is 9.47 Å². The van der Waals surface area contributed by atoms with E-state index in [9.17, 15) is 4.79 Å². The number of rotatable bonds is 19. The van der Waals surface area contributed by atoms with Crippen LogP contribution in [0.4, 0.5) is 5.69 Å². The van der Waals surface area contributed by atoms with Gasteiger partial charge in [-0.3, -0.25) is 4.79 Å². The maximum atomic E-state index is 13.2. The fourth-order valence-corrected chi connectivity index (χ4v) is 5.39. The number of hydrogen-bond acceptors (Lipinski definition) is 4. The second-order valence-corrected chi connectivity index (χ2v) is 11.5. The number of unbranched alkanes of at least 4 members (excludes halogenated alkanes) is 11. The Labute approximate surface area is 239 Å². The van der Waals surface area contributed by atoms with Crippen LogP contribution in [0.1, 0.15) is 105 Å². The van der Waals surface area contributed by atoms with Crippen molar-refractivity contribution in [2.24, 2.45) is 0 Å². The van der Waals surface area contributed by atoms with Crippen LogP contribution in [0.25, 0.3) is 0 Å². The Morgan fingerprint density at radius 3 is 2.10 bits per heavy atom. The van der Waals surface area contributed by atoms with Gasteiger partial charge >= 0.3 is 0 Å². The lowest BCUT2D eigenvalue weighted by Gasteiger charge is -2.15. The monoisotopic (exact) mass is 551 g/mol. The van der Waals surface area contributed by atoms with Gasteiger partial charge in [0.1, 0.15) is 0 Å². The second-order valence-electron chi connectivity index (χ2n) is 10.4. The van der Waals surface area contributed by atoms with Crippen molar-refractivity contribution in [1.29, 1.82) is 0 Å². The Morgan fingerprint density at radius 2 is 1.51 bits per heavy atom. The normalized spacial score (nSPS) is 10.9. The van der Waals surface area contributed by atoms with Crippen LogP contribution < -0.4 is 19.4 Å². The van der Waals surface area contributed by atoms with Crippen LogP contribution in [-0.2, 0) is 6.54 Å². The number of carbonyl (C=O) groups excluding carboxylic acids is 1. The minimum atomic E-state index is -0.200. The van der Waals surface area contributed by atoms with E-state index < -0.39 is 0 Å². The SMILES string of the molecule is CCCCCCCCCCCCCCOc1c(OC)cccc1C(=O)Nc1ccc(C[n+]2csc(C)c2)cc1. The highest BCUT2D eigenvalue weighted by molar-refractivity contribution is 7.09. The predicted octanol–water partition coefficient (Wildman–Crippen LogP) is 8.73. The number of aromatic nitrogens is 1. The molecular formula is C33H47N2O3S+. The van der Waals surface area contributed by atoms with Crippen molar-refractivity contribution in [3.05, 3.63) is 70.2 Å². The first kappa shape index (κ1) is 30.7. The molecule has 1 N–H and O–H groups in total. The van der Waals surface area contributed by atoms with Gasteiger partial charge in [0, 0.05) is 11.3 Å². The fourth-order valence-electron chi connectivity index (χ4n) is 4.75. The number of carbonyl (C=O) groups is 1. The zero-order valence-corrected chi connectivity index (χ0v) is 25.0. The quantitative estimate of drug-likeness (QED) is 0.120. The number of amides is 1. The summed E-state index contributed by atoms with van der Waals surface area (Å²) in [7, 11) is 1.61. The first-order valence-electron chi connectivity index (χ1n) is 14.7. The third-order valence-electron chi connectivity index (χ3n) is 6.99. The Hall–Kier alpha value is -2.86. The van der Waals surface area contributed by atoms with E-state index in [1.807, 2.05) is 36.4 Å². The Morgan fingerprint density at radius 1 is 0.872 bits per heavy atom. The first-order valence-corrected chi connectivity index (χ1v) is 15.6. The van der Waals surface area contributed by atoms with Crippen molar-refractivity contribution < 1.29 is 18.8 Å². The van der Waals surface area contributed by atoms with Gasteiger partial charge in [-0.05, 0) is 37.6 Å². The lowest BCUT2D eigenvalue weighted by Crippen LogP contribution is -2.30. The van der Waals surface area contributed by atoms with Gasteiger partial charge in [-0.25, -0.2) is 0 Å². The number of ether oxygens (including phenoxy) is 2. The molecule has 0 aliphatic heterocycles. The molecular weight excluding hydrogens is 504 g/mol. The Balaban J connectivity index is 1.41. The number of benzene rings is 2. The average molecular weight is 552 g/mol. The molecule has 39 heavy (non-hydrogen) atoms. The van der Waals surface area contributed by atoms with Gasteiger partial charge in [0.15, 0.2) is 24.2 Å². The van der Waals surface area contributed by atoms with Gasteiger partial charge < -0.3 is 14.8 Å². The largest absolute Gasteiger partial charge is 0.493 e. The molecule has 0 fully saturated rings. The van der Waals surface area contributed by atoms with Crippen molar-refractivity contribution in [2.45, 2.75) is 97.4 Å². The molecule has 1 heterocycles. The highest BCUT2D eigenvalue weighted by Crippen LogP contribution is 2.32. The van der Waals surface area contributed by atoms with Gasteiger partial charge in [-0.1, -0.05) is 107 Å². The summed E-state index contributed by atoms with van der Waals surface area (Å²) >= 11 is 1.74. The van der Waals surface area contributed by atoms with Crippen LogP contribution >= 0.6 is 11.3 Å². The molecule has 212 valence electrons. The van der Waals surface area contributed by atoms with Crippen LogP contribution in [0.15, 0.2) is 54.2 Å². The Kier molecular flexibility index (Phi) is 13.9. The molecule has 0 saturated carbocycles. The third kappa shape index (κ3) is 11.0. The number of thiazole rings is 1. The summed E-state index contributed by atoms with van der Waals surface area (Å²) in [4.78, 5) is 14.5. The molecule has 0 aliphatic carbocycles. The minimum absolute atomic E-state index is 0.200. The van der Waals surface area contributed by atoms with E-state index in [-0.39, 0.29) is 5.91 Å². The molecule has 0 radical (unpaired) electrons. The molecule has 0 atom stereocenters. The maximum absolute atomic E-state index is 13.2. The van der Waals surface area contributed by atoms with Crippen LogP contribution in [0.2, 0.25) is 0 Å². The molecule has 1 aromatic heterocycles.